The van der Waals surface area contributed by atoms with Gasteiger partial charge < -0.3 is 9.80 Å². The molecule has 0 N–H and O–H groups in total. The maximum absolute atomic E-state index is 2.57. The lowest BCUT2D eigenvalue weighted by molar-refractivity contribution is 0.632. The summed E-state index contributed by atoms with van der Waals surface area (Å²) in [6.45, 7) is 4.75. The molecule has 0 amide bonds. The molecule has 1 aliphatic rings. The fourth-order valence-corrected chi connectivity index (χ4v) is 9.29. The zero-order valence-electron chi connectivity index (χ0n) is 32.0. The summed E-state index contributed by atoms with van der Waals surface area (Å²) in [4.78, 5) is 5.06. The first-order valence-corrected chi connectivity index (χ1v) is 19.8. The van der Waals surface area contributed by atoms with E-state index >= 15 is 0 Å². The van der Waals surface area contributed by atoms with Crippen molar-refractivity contribution in [2.45, 2.75) is 19.3 Å². The Morgan fingerprint density at radius 2 is 0.912 bits per heavy atom. The molecule has 1 heterocycles. The highest BCUT2D eigenvalue weighted by atomic mass is 15.2. The van der Waals surface area contributed by atoms with Gasteiger partial charge in [0.05, 0.1) is 28.4 Å². The van der Waals surface area contributed by atoms with E-state index in [2.05, 4.69) is 230 Å². The van der Waals surface area contributed by atoms with Crippen LogP contribution in [0.1, 0.15) is 25.0 Å². The Kier molecular flexibility index (Phi) is 7.55. The van der Waals surface area contributed by atoms with Crippen LogP contribution in [0.15, 0.2) is 206 Å². The third kappa shape index (κ3) is 5.33. The predicted octanol–water partition coefficient (Wildman–Crippen LogP) is 15.5. The molecule has 0 unspecified atom stereocenters. The fraction of sp³-hybridized carbons (Fsp3) is 0.0545. The zero-order valence-corrected chi connectivity index (χ0v) is 32.0. The highest BCUT2D eigenvalue weighted by Gasteiger charge is 2.39. The van der Waals surface area contributed by atoms with Crippen molar-refractivity contribution in [2.75, 3.05) is 9.80 Å². The van der Waals surface area contributed by atoms with E-state index in [1.54, 1.807) is 0 Å². The van der Waals surface area contributed by atoms with Crippen molar-refractivity contribution in [2.24, 2.45) is 0 Å². The van der Waals surface area contributed by atoms with E-state index in [1.165, 1.54) is 76.7 Å². The van der Waals surface area contributed by atoms with Gasteiger partial charge in [-0.05, 0) is 97.0 Å². The van der Waals surface area contributed by atoms with E-state index in [0.29, 0.717) is 0 Å². The average Bonchev–Trinajstić information content (AvgIpc) is 3.26. The number of fused-ring (bicyclic) bond motifs is 6. The maximum atomic E-state index is 2.57. The van der Waals surface area contributed by atoms with Crippen LogP contribution in [0.3, 0.4) is 0 Å². The van der Waals surface area contributed by atoms with Gasteiger partial charge in [-0.1, -0.05) is 178 Å². The molecule has 0 radical (unpaired) electrons. The van der Waals surface area contributed by atoms with Gasteiger partial charge in [0.1, 0.15) is 0 Å². The van der Waals surface area contributed by atoms with Gasteiger partial charge in [-0.25, -0.2) is 0 Å². The lowest BCUT2D eigenvalue weighted by Gasteiger charge is -2.44. The van der Waals surface area contributed by atoms with Crippen molar-refractivity contribution in [3.63, 3.8) is 0 Å². The molecule has 11 rings (SSSR count). The summed E-state index contributed by atoms with van der Waals surface area (Å²) in [6, 6.07) is 76.1. The SMILES string of the molecule is CC1(C)c2ccccc2N(c2c(N(c3ccc4ccccc4c3)c3cccc4ccccc34)ccc3ccccc23)c2cc(-c3ccc4ccccc4c3)ccc21. The Morgan fingerprint density at radius 1 is 0.368 bits per heavy atom. The molecule has 0 atom stereocenters. The number of hydrogen-bond acceptors (Lipinski definition) is 2. The summed E-state index contributed by atoms with van der Waals surface area (Å²) < 4.78 is 0. The van der Waals surface area contributed by atoms with Crippen molar-refractivity contribution in [1.82, 2.24) is 0 Å². The van der Waals surface area contributed by atoms with Crippen LogP contribution in [-0.2, 0) is 5.41 Å². The van der Waals surface area contributed by atoms with Crippen LogP contribution >= 0.6 is 0 Å². The Balaban J connectivity index is 1.24. The Bertz CT molecular complexity index is 3190. The van der Waals surface area contributed by atoms with Crippen LogP contribution in [0.25, 0.3) is 54.2 Å². The second kappa shape index (κ2) is 13.0. The van der Waals surface area contributed by atoms with E-state index in [1.807, 2.05) is 0 Å². The standard InChI is InChI=1S/C55H40N2/c1-55(2)48-23-11-12-24-51(48)57(53-36-44(29-32-49(53)55)43-27-26-37-14-3-5-18-41(37)34-43)54-47-22-10-8-17-40(47)30-33-52(54)56(45-31-28-38-15-4-6-19-42(38)35-45)50-25-13-20-39-16-7-9-21-46(39)50/h3-36H,1-2H3. The van der Waals surface area contributed by atoms with Gasteiger partial charge in [0.2, 0.25) is 0 Å². The molecule has 1 aliphatic heterocycles. The number of benzene rings is 10. The average molecular weight is 729 g/mol. The van der Waals surface area contributed by atoms with Gasteiger partial charge in [0.25, 0.3) is 0 Å². The summed E-state index contributed by atoms with van der Waals surface area (Å²) in [5.41, 5.74) is 11.7. The number of nitrogens with zero attached hydrogens (tertiary/aromatic N) is 2. The first kappa shape index (κ1) is 33.2. The topological polar surface area (TPSA) is 6.48 Å². The molecule has 10 aromatic rings. The third-order valence-electron chi connectivity index (χ3n) is 12.2. The lowest BCUT2D eigenvalue weighted by Crippen LogP contribution is -2.31. The van der Waals surface area contributed by atoms with Crippen LogP contribution in [0.2, 0.25) is 0 Å². The smallest absolute Gasteiger partial charge is 0.0781 e. The van der Waals surface area contributed by atoms with Crippen LogP contribution in [0, 0.1) is 0 Å². The van der Waals surface area contributed by atoms with Crippen molar-refractivity contribution < 1.29 is 0 Å². The molecule has 0 aliphatic carbocycles. The minimum atomic E-state index is -0.233. The van der Waals surface area contributed by atoms with Gasteiger partial charge in [0.15, 0.2) is 0 Å². The van der Waals surface area contributed by atoms with E-state index in [9.17, 15) is 0 Å². The minimum Gasteiger partial charge on any atom is -0.308 e. The van der Waals surface area contributed by atoms with Crippen LogP contribution in [-0.4, -0.2) is 0 Å². The monoisotopic (exact) mass is 728 g/mol. The minimum absolute atomic E-state index is 0.233. The fourth-order valence-electron chi connectivity index (χ4n) is 9.29. The molecule has 10 aromatic carbocycles. The van der Waals surface area contributed by atoms with Crippen LogP contribution < -0.4 is 9.80 Å². The predicted molar refractivity (Wildman–Crippen MR) is 243 cm³/mol. The quantitative estimate of drug-likeness (QED) is 0.174. The van der Waals surface area contributed by atoms with Gasteiger partial charge in [0, 0.05) is 21.9 Å². The molecule has 57 heavy (non-hydrogen) atoms. The van der Waals surface area contributed by atoms with Crippen LogP contribution in [0.4, 0.5) is 34.1 Å². The summed E-state index contributed by atoms with van der Waals surface area (Å²) in [5, 5.41) is 9.72. The van der Waals surface area contributed by atoms with Crippen LogP contribution in [0.5, 0.6) is 0 Å². The summed E-state index contributed by atoms with van der Waals surface area (Å²) in [6.07, 6.45) is 0. The number of anilines is 6. The zero-order chi connectivity index (χ0) is 38.1. The highest BCUT2D eigenvalue weighted by Crippen LogP contribution is 2.57. The normalized spacial score (nSPS) is 13.2. The first-order chi connectivity index (χ1) is 28.0. The van der Waals surface area contributed by atoms with Crippen molar-refractivity contribution in [3.05, 3.63) is 217 Å². The maximum Gasteiger partial charge on any atom is 0.0781 e. The van der Waals surface area contributed by atoms with Crippen molar-refractivity contribution in [1.29, 1.82) is 0 Å². The van der Waals surface area contributed by atoms with Gasteiger partial charge in [-0.2, -0.15) is 0 Å². The van der Waals surface area contributed by atoms with Crippen molar-refractivity contribution >= 4 is 77.2 Å². The van der Waals surface area contributed by atoms with Gasteiger partial charge in [-0.15, -0.1) is 0 Å². The Hall–Kier alpha value is -7.16. The van der Waals surface area contributed by atoms with E-state index in [0.717, 1.165) is 22.7 Å². The van der Waals surface area contributed by atoms with Crippen molar-refractivity contribution in [3.8, 4) is 11.1 Å². The summed E-state index contributed by atoms with van der Waals surface area (Å²) >= 11 is 0. The number of hydrogen-bond donors (Lipinski definition) is 0. The summed E-state index contributed by atoms with van der Waals surface area (Å²) in [5.74, 6) is 0. The molecule has 2 nitrogen and oxygen atoms in total. The Morgan fingerprint density at radius 3 is 1.70 bits per heavy atom. The Labute approximate surface area is 333 Å². The first-order valence-electron chi connectivity index (χ1n) is 19.8. The molecule has 0 fully saturated rings. The molecule has 0 saturated heterocycles. The largest absolute Gasteiger partial charge is 0.308 e. The van der Waals surface area contributed by atoms with Gasteiger partial charge in [-0.3, -0.25) is 0 Å². The second-order valence-electron chi connectivity index (χ2n) is 15.8. The molecular weight excluding hydrogens is 689 g/mol. The summed E-state index contributed by atoms with van der Waals surface area (Å²) in [7, 11) is 0. The molecular formula is C55H40N2. The molecule has 2 heteroatoms. The molecule has 270 valence electrons. The second-order valence-corrected chi connectivity index (χ2v) is 15.8. The van der Waals surface area contributed by atoms with E-state index in [-0.39, 0.29) is 5.41 Å². The van der Waals surface area contributed by atoms with E-state index < -0.39 is 0 Å². The number of para-hydroxylation sites is 1. The van der Waals surface area contributed by atoms with Gasteiger partial charge >= 0.3 is 0 Å². The highest BCUT2D eigenvalue weighted by molar-refractivity contribution is 6.11. The molecule has 0 bridgehead atoms. The number of rotatable bonds is 5. The van der Waals surface area contributed by atoms with E-state index in [4.69, 9.17) is 0 Å². The molecule has 0 aromatic heterocycles. The molecule has 0 saturated carbocycles. The third-order valence-corrected chi connectivity index (χ3v) is 12.2. The molecule has 0 spiro atoms. The lowest BCUT2D eigenvalue weighted by atomic mass is 9.73.